The van der Waals surface area contributed by atoms with Crippen LogP contribution in [0.5, 0.6) is 5.75 Å². The smallest absolute Gasteiger partial charge is 0.313 e. The zero-order valence-corrected chi connectivity index (χ0v) is 13.0. The summed E-state index contributed by atoms with van der Waals surface area (Å²) in [5.41, 5.74) is 0.588. The van der Waals surface area contributed by atoms with Crippen LogP contribution in [-0.4, -0.2) is 36.4 Å². The fraction of sp³-hybridized carbons (Fsp3) is 0.500. The van der Waals surface area contributed by atoms with E-state index < -0.39 is 11.8 Å². The Morgan fingerprint density at radius 3 is 2.10 bits per heavy atom. The number of nitrogens with one attached hydrogen (secondary N) is 1. The van der Waals surface area contributed by atoms with E-state index in [1.807, 2.05) is 20.8 Å². The molecule has 5 nitrogen and oxygen atoms in total. The number of nitrogens with zero attached hydrogens (tertiary/aromatic N) is 1. The normalized spacial score (nSPS) is 10.0. The summed E-state index contributed by atoms with van der Waals surface area (Å²) in [5.74, 6) is -0.339. The van der Waals surface area contributed by atoms with Crippen molar-refractivity contribution in [1.82, 2.24) is 4.90 Å². The third kappa shape index (κ3) is 5.45. The first kappa shape index (κ1) is 17.0. The number of amides is 2. The second kappa shape index (κ2) is 9.00. The maximum absolute atomic E-state index is 12.1. The summed E-state index contributed by atoms with van der Waals surface area (Å²) >= 11 is 0. The summed E-state index contributed by atoms with van der Waals surface area (Å²) in [6.07, 6.45) is 1.67. The molecule has 0 aromatic heterocycles. The Hall–Kier alpha value is -2.04. The standard InChI is InChI=1S/C16H24N2O3/c1-4-11-18(12-5-2)16(20)15(19)17-13-7-9-14(10-8-13)21-6-3/h7-10H,4-6,11-12H2,1-3H3,(H,17,19). The van der Waals surface area contributed by atoms with Gasteiger partial charge in [-0.15, -0.1) is 0 Å². The van der Waals surface area contributed by atoms with Gasteiger partial charge in [0.2, 0.25) is 0 Å². The third-order valence-electron chi connectivity index (χ3n) is 2.89. The molecule has 1 aromatic carbocycles. The molecular formula is C16H24N2O3. The molecule has 0 aliphatic heterocycles. The fourth-order valence-corrected chi connectivity index (χ4v) is 1.98. The first-order valence-electron chi connectivity index (χ1n) is 7.45. The highest BCUT2D eigenvalue weighted by Crippen LogP contribution is 2.15. The highest BCUT2D eigenvalue weighted by atomic mass is 16.5. The molecule has 0 bridgehead atoms. The number of benzene rings is 1. The van der Waals surface area contributed by atoms with Crippen molar-refractivity contribution in [1.29, 1.82) is 0 Å². The molecule has 2 amide bonds. The van der Waals surface area contributed by atoms with Crippen molar-refractivity contribution in [2.24, 2.45) is 0 Å². The van der Waals surface area contributed by atoms with Gasteiger partial charge in [0.1, 0.15) is 5.75 Å². The van der Waals surface area contributed by atoms with Gasteiger partial charge < -0.3 is 15.0 Å². The van der Waals surface area contributed by atoms with E-state index in [-0.39, 0.29) is 0 Å². The molecule has 0 saturated carbocycles. The Bertz CT molecular complexity index is 451. The number of ether oxygens (including phenoxy) is 1. The Labute approximate surface area is 126 Å². The molecule has 116 valence electrons. The molecule has 0 aliphatic rings. The molecule has 21 heavy (non-hydrogen) atoms. The SMILES string of the molecule is CCCN(CCC)C(=O)C(=O)Nc1ccc(OCC)cc1. The largest absolute Gasteiger partial charge is 0.494 e. The van der Waals surface area contributed by atoms with Gasteiger partial charge in [-0.05, 0) is 44.0 Å². The Morgan fingerprint density at radius 1 is 1.05 bits per heavy atom. The van der Waals surface area contributed by atoms with Gasteiger partial charge in [0.05, 0.1) is 6.61 Å². The zero-order valence-electron chi connectivity index (χ0n) is 13.0. The minimum Gasteiger partial charge on any atom is -0.494 e. The number of rotatable bonds is 7. The number of carbonyl (C=O) groups is 2. The van der Waals surface area contributed by atoms with Crippen molar-refractivity contribution in [3.8, 4) is 5.75 Å². The van der Waals surface area contributed by atoms with Gasteiger partial charge in [-0.3, -0.25) is 9.59 Å². The average Bonchev–Trinajstić information content (AvgIpc) is 2.48. The van der Waals surface area contributed by atoms with E-state index >= 15 is 0 Å². The number of hydrogen-bond acceptors (Lipinski definition) is 3. The van der Waals surface area contributed by atoms with Crippen LogP contribution in [0.2, 0.25) is 0 Å². The summed E-state index contributed by atoms with van der Waals surface area (Å²) in [5, 5.41) is 2.62. The molecule has 0 fully saturated rings. The van der Waals surface area contributed by atoms with Crippen molar-refractivity contribution < 1.29 is 14.3 Å². The van der Waals surface area contributed by atoms with Crippen LogP contribution in [0.3, 0.4) is 0 Å². The van der Waals surface area contributed by atoms with Crippen LogP contribution in [0.25, 0.3) is 0 Å². The Kier molecular flexibility index (Phi) is 7.29. The molecule has 1 aromatic rings. The molecule has 5 heteroatoms. The van der Waals surface area contributed by atoms with Crippen molar-refractivity contribution in [3.05, 3.63) is 24.3 Å². The predicted octanol–water partition coefficient (Wildman–Crippen LogP) is 2.67. The van der Waals surface area contributed by atoms with E-state index in [0.29, 0.717) is 25.4 Å². The van der Waals surface area contributed by atoms with Gasteiger partial charge in [-0.2, -0.15) is 0 Å². The molecule has 1 N–H and O–H groups in total. The molecule has 0 unspecified atom stereocenters. The molecule has 0 saturated heterocycles. The number of anilines is 1. The lowest BCUT2D eigenvalue weighted by atomic mass is 10.3. The van der Waals surface area contributed by atoms with E-state index in [1.54, 1.807) is 29.2 Å². The summed E-state index contributed by atoms with van der Waals surface area (Å²) in [4.78, 5) is 25.7. The van der Waals surface area contributed by atoms with Crippen LogP contribution in [0.4, 0.5) is 5.69 Å². The maximum Gasteiger partial charge on any atom is 0.313 e. The van der Waals surface area contributed by atoms with Crippen LogP contribution < -0.4 is 10.1 Å². The molecule has 0 atom stereocenters. The highest BCUT2D eigenvalue weighted by molar-refractivity contribution is 6.39. The van der Waals surface area contributed by atoms with Crippen LogP contribution in [-0.2, 0) is 9.59 Å². The van der Waals surface area contributed by atoms with E-state index in [4.69, 9.17) is 4.74 Å². The van der Waals surface area contributed by atoms with Gasteiger partial charge in [0, 0.05) is 18.8 Å². The Balaban J connectivity index is 2.63. The Morgan fingerprint density at radius 2 is 1.62 bits per heavy atom. The zero-order chi connectivity index (χ0) is 15.7. The van der Waals surface area contributed by atoms with E-state index in [1.165, 1.54) is 0 Å². The van der Waals surface area contributed by atoms with Gasteiger partial charge in [-0.25, -0.2) is 0 Å². The molecule has 1 rings (SSSR count). The van der Waals surface area contributed by atoms with Gasteiger partial charge in [0.25, 0.3) is 0 Å². The van der Waals surface area contributed by atoms with E-state index in [2.05, 4.69) is 5.32 Å². The lowest BCUT2D eigenvalue weighted by Crippen LogP contribution is -2.40. The lowest BCUT2D eigenvalue weighted by Gasteiger charge is -2.20. The molecular weight excluding hydrogens is 268 g/mol. The number of carbonyl (C=O) groups excluding carboxylic acids is 2. The summed E-state index contributed by atoms with van der Waals surface area (Å²) in [6.45, 7) is 7.67. The fourth-order valence-electron chi connectivity index (χ4n) is 1.98. The average molecular weight is 292 g/mol. The first-order chi connectivity index (χ1) is 10.1. The van der Waals surface area contributed by atoms with Crippen molar-refractivity contribution >= 4 is 17.5 Å². The van der Waals surface area contributed by atoms with E-state index in [0.717, 1.165) is 18.6 Å². The summed E-state index contributed by atoms with van der Waals surface area (Å²) in [6, 6.07) is 6.97. The van der Waals surface area contributed by atoms with Crippen LogP contribution >= 0.6 is 0 Å². The van der Waals surface area contributed by atoms with Crippen LogP contribution in [0, 0.1) is 0 Å². The highest BCUT2D eigenvalue weighted by Gasteiger charge is 2.20. The quantitative estimate of drug-likeness (QED) is 0.786. The van der Waals surface area contributed by atoms with Gasteiger partial charge in [-0.1, -0.05) is 13.8 Å². The molecule has 0 spiro atoms. The lowest BCUT2D eigenvalue weighted by molar-refractivity contribution is -0.143. The van der Waals surface area contributed by atoms with Crippen molar-refractivity contribution in [3.63, 3.8) is 0 Å². The maximum atomic E-state index is 12.1. The monoisotopic (exact) mass is 292 g/mol. The number of hydrogen-bond donors (Lipinski definition) is 1. The second-order valence-corrected chi connectivity index (χ2v) is 4.70. The predicted molar refractivity (Wildman–Crippen MR) is 83.4 cm³/mol. The van der Waals surface area contributed by atoms with Crippen LogP contribution in [0.15, 0.2) is 24.3 Å². The molecule has 0 radical (unpaired) electrons. The van der Waals surface area contributed by atoms with E-state index in [9.17, 15) is 9.59 Å². The summed E-state index contributed by atoms with van der Waals surface area (Å²) < 4.78 is 5.33. The second-order valence-electron chi connectivity index (χ2n) is 4.70. The third-order valence-corrected chi connectivity index (χ3v) is 2.89. The minimum absolute atomic E-state index is 0.479. The first-order valence-corrected chi connectivity index (χ1v) is 7.45. The molecule has 0 heterocycles. The van der Waals surface area contributed by atoms with Crippen LogP contribution in [0.1, 0.15) is 33.6 Å². The van der Waals surface area contributed by atoms with Crippen molar-refractivity contribution in [2.45, 2.75) is 33.6 Å². The van der Waals surface area contributed by atoms with Gasteiger partial charge >= 0.3 is 11.8 Å². The minimum atomic E-state index is -0.596. The van der Waals surface area contributed by atoms with Gasteiger partial charge in [0.15, 0.2) is 0 Å². The molecule has 0 aliphatic carbocycles. The topological polar surface area (TPSA) is 58.6 Å². The van der Waals surface area contributed by atoms with Crippen molar-refractivity contribution in [2.75, 3.05) is 25.0 Å². The summed E-state index contributed by atoms with van der Waals surface area (Å²) in [7, 11) is 0.